The van der Waals surface area contributed by atoms with Crippen LogP contribution < -0.4 is 16.0 Å². The molecular formula is C25H26FN7O2. The van der Waals surface area contributed by atoms with Gasteiger partial charge in [-0.2, -0.15) is 5.10 Å². The fourth-order valence-corrected chi connectivity index (χ4v) is 3.47. The van der Waals surface area contributed by atoms with Crippen molar-refractivity contribution in [3.8, 4) is 11.3 Å². The quantitative estimate of drug-likeness (QED) is 0.226. The topological polar surface area (TPSA) is 128 Å². The van der Waals surface area contributed by atoms with E-state index >= 15 is 0 Å². The SMILES string of the molecule is O=C(NCc1cccc(NCCO)n1)c1ccc(-c2cn[nH]c2)nc1NCCc1cccc(F)c1. The number of halogens is 1. The normalized spacial score (nSPS) is 10.7. The van der Waals surface area contributed by atoms with Gasteiger partial charge in [-0.1, -0.05) is 18.2 Å². The highest BCUT2D eigenvalue weighted by Crippen LogP contribution is 2.21. The van der Waals surface area contributed by atoms with Crippen molar-refractivity contribution in [1.29, 1.82) is 0 Å². The molecule has 35 heavy (non-hydrogen) atoms. The third kappa shape index (κ3) is 6.61. The molecule has 3 aromatic heterocycles. The molecule has 0 radical (unpaired) electrons. The number of aromatic amines is 1. The van der Waals surface area contributed by atoms with Crippen molar-refractivity contribution in [1.82, 2.24) is 25.5 Å². The first-order valence-electron chi connectivity index (χ1n) is 11.2. The van der Waals surface area contributed by atoms with E-state index in [9.17, 15) is 9.18 Å². The van der Waals surface area contributed by atoms with E-state index in [1.54, 1.807) is 36.7 Å². The highest BCUT2D eigenvalue weighted by Gasteiger charge is 2.15. The predicted molar refractivity (Wildman–Crippen MR) is 131 cm³/mol. The predicted octanol–water partition coefficient (Wildman–Crippen LogP) is 2.99. The van der Waals surface area contributed by atoms with E-state index < -0.39 is 0 Å². The van der Waals surface area contributed by atoms with Gasteiger partial charge in [0.05, 0.1) is 36.3 Å². The maximum Gasteiger partial charge on any atom is 0.255 e. The van der Waals surface area contributed by atoms with E-state index in [1.165, 1.54) is 12.1 Å². The third-order valence-corrected chi connectivity index (χ3v) is 5.18. The van der Waals surface area contributed by atoms with Crippen LogP contribution in [0.3, 0.4) is 0 Å². The fourth-order valence-electron chi connectivity index (χ4n) is 3.47. The first-order chi connectivity index (χ1) is 17.1. The van der Waals surface area contributed by atoms with Crippen LogP contribution in [0.1, 0.15) is 21.6 Å². The average Bonchev–Trinajstić information content (AvgIpc) is 3.41. The molecule has 0 unspecified atom stereocenters. The number of H-pyrrole nitrogens is 1. The largest absolute Gasteiger partial charge is 0.395 e. The second-order valence-corrected chi connectivity index (χ2v) is 7.73. The van der Waals surface area contributed by atoms with Gasteiger partial charge in [0.15, 0.2) is 0 Å². The standard InChI is InChI=1S/C25H26FN7O2/c26-19-4-1-3-17(13-19)9-10-28-24-21(7-8-22(33-24)18-14-30-31-15-18)25(35)29-16-20-5-2-6-23(32-20)27-11-12-34/h1-8,13-15,34H,9-12,16H2,(H,27,32)(H,28,33)(H,29,35)(H,30,31). The number of anilines is 2. The van der Waals surface area contributed by atoms with Gasteiger partial charge in [-0.05, 0) is 48.4 Å². The van der Waals surface area contributed by atoms with Crippen LogP contribution in [-0.4, -0.2) is 50.9 Å². The van der Waals surface area contributed by atoms with Crippen LogP contribution in [0.4, 0.5) is 16.0 Å². The smallest absolute Gasteiger partial charge is 0.255 e. The summed E-state index contributed by atoms with van der Waals surface area (Å²) in [5.41, 5.74) is 3.35. The van der Waals surface area contributed by atoms with Crippen molar-refractivity contribution in [2.45, 2.75) is 13.0 Å². The summed E-state index contributed by atoms with van der Waals surface area (Å²) in [5, 5.41) is 24.8. The molecule has 0 saturated heterocycles. The highest BCUT2D eigenvalue weighted by atomic mass is 19.1. The van der Waals surface area contributed by atoms with Crippen LogP contribution in [0.25, 0.3) is 11.3 Å². The highest BCUT2D eigenvalue weighted by molar-refractivity contribution is 5.99. The Bertz CT molecular complexity index is 1260. The Labute approximate surface area is 201 Å². The van der Waals surface area contributed by atoms with Crippen molar-refractivity contribution >= 4 is 17.5 Å². The number of aromatic nitrogens is 4. The number of benzene rings is 1. The molecule has 0 aliphatic heterocycles. The van der Waals surface area contributed by atoms with Gasteiger partial charge in [0, 0.05) is 24.8 Å². The summed E-state index contributed by atoms with van der Waals surface area (Å²) >= 11 is 0. The zero-order valence-electron chi connectivity index (χ0n) is 19.0. The first-order valence-corrected chi connectivity index (χ1v) is 11.2. The Hall–Kier alpha value is -4.31. The summed E-state index contributed by atoms with van der Waals surface area (Å²) in [5.74, 6) is 0.451. The zero-order chi connectivity index (χ0) is 24.5. The van der Waals surface area contributed by atoms with E-state index in [0.29, 0.717) is 48.1 Å². The molecule has 0 aliphatic rings. The molecule has 10 heteroatoms. The summed E-state index contributed by atoms with van der Waals surface area (Å²) in [7, 11) is 0. The summed E-state index contributed by atoms with van der Waals surface area (Å²) in [6.07, 6.45) is 3.94. The van der Waals surface area contributed by atoms with Crippen molar-refractivity contribution in [3.63, 3.8) is 0 Å². The van der Waals surface area contributed by atoms with Gasteiger partial charge >= 0.3 is 0 Å². The first kappa shape index (κ1) is 23.8. The second-order valence-electron chi connectivity index (χ2n) is 7.73. The Morgan fingerprint density at radius 1 is 1.03 bits per heavy atom. The van der Waals surface area contributed by atoms with Gasteiger partial charge in [-0.15, -0.1) is 0 Å². The molecular weight excluding hydrogens is 449 g/mol. The van der Waals surface area contributed by atoms with E-state index in [2.05, 4.69) is 36.1 Å². The maximum atomic E-state index is 13.5. The van der Waals surface area contributed by atoms with Crippen LogP contribution in [0, 0.1) is 5.82 Å². The maximum absolute atomic E-state index is 13.5. The lowest BCUT2D eigenvalue weighted by Crippen LogP contribution is -2.25. The lowest BCUT2D eigenvalue weighted by Gasteiger charge is -2.13. The van der Waals surface area contributed by atoms with Gasteiger partial charge in [0.25, 0.3) is 5.91 Å². The van der Waals surface area contributed by atoms with Gasteiger partial charge < -0.3 is 21.1 Å². The third-order valence-electron chi connectivity index (χ3n) is 5.18. The molecule has 4 aromatic rings. The molecule has 9 nitrogen and oxygen atoms in total. The average molecular weight is 476 g/mol. The van der Waals surface area contributed by atoms with Crippen LogP contribution in [0.5, 0.6) is 0 Å². The van der Waals surface area contributed by atoms with Crippen molar-refractivity contribution < 1.29 is 14.3 Å². The molecule has 1 amide bonds. The summed E-state index contributed by atoms with van der Waals surface area (Å²) in [6, 6.07) is 15.3. The van der Waals surface area contributed by atoms with Crippen molar-refractivity contribution in [2.75, 3.05) is 30.3 Å². The molecule has 180 valence electrons. The Balaban J connectivity index is 1.47. The molecule has 0 bridgehead atoms. The molecule has 1 aromatic carbocycles. The minimum Gasteiger partial charge on any atom is -0.395 e. The van der Waals surface area contributed by atoms with Crippen LogP contribution >= 0.6 is 0 Å². The molecule has 0 fully saturated rings. The number of nitrogens with zero attached hydrogens (tertiary/aromatic N) is 3. The van der Waals surface area contributed by atoms with E-state index in [0.717, 1.165) is 11.1 Å². The zero-order valence-corrected chi connectivity index (χ0v) is 19.0. The number of hydrogen-bond acceptors (Lipinski definition) is 7. The molecule has 4 rings (SSSR count). The molecule has 0 atom stereocenters. The number of carbonyl (C=O) groups excluding carboxylic acids is 1. The summed E-state index contributed by atoms with van der Waals surface area (Å²) < 4.78 is 13.5. The lowest BCUT2D eigenvalue weighted by molar-refractivity contribution is 0.0951. The Morgan fingerprint density at radius 2 is 1.91 bits per heavy atom. The fraction of sp³-hybridized carbons (Fsp3) is 0.200. The number of aliphatic hydroxyl groups excluding tert-OH is 1. The summed E-state index contributed by atoms with van der Waals surface area (Å²) in [4.78, 5) is 22.1. The molecule has 5 N–H and O–H groups in total. The van der Waals surface area contributed by atoms with Crippen molar-refractivity contribution in [3.05, 3.63) is 89.6 Å². The van der Waals surface area contributed by atoms with Gasteiger partial charge in [0.2, 0.25) is 0 Å². The van der Waals surface area contributed by atoms with E-state index in [1.807, 2.05) is 18.2 Å². The van der Waals surface area contributed by atoms with E-state index in [-0.39, 0.29) is 24.9 Å². The molecule has 0 aliphatic carbocycles. The number of nitrogens with one attached hydrogen (secondary N) is 4. The number of aliphatic hydroxyl groups is 1. The minimum absolute atomic E-state index is 0.000548. The molecule has 0 spiro atoms. The van der Waals surface area contributed by atoms with Gasteiger partial charge in [-0.25, -0.2) is 14.4 Å². The number of amides is 1. The van der Waals surface area contributed by atoms with Crippen LogP contribution in [0.15, 0.2) is 67.0 Å². The number of pyridine rings is 2. The minimum atomic E-state index is -0.306. The number of rotatable bonds is 11. The van der Waals surface area contributed by atoms with Crippen LogP contribution in [-0.2, 0) is 13.0 Å². The van der Waals surface area contributed by atoms with Gasteiger partial charge in [-0.3, -0.25) is 9.89 Å². The number of carbonyl (C=O) groups is 1. The lowest BCUT2D eigenvalue weighted by atomic mass is 10.1. The Kier molecular flexibility index (Phi) is 7.97. The van der Waals surface area contributed by atoms with Gasteiger partial charge in [0.1, 0.15) is 17.5 Å². The molecule has 0 saturated carbocycles. The monoisotopic (exact) mass is 475 g/mol. The van der Waals surface area contributed by atoms with Crippen LogP contribution in [0.2, 0.25) is 0 Å². The second kappa shape index (κ2) is 11.7. The number of hydrogen-bond donors (Lipinski definition) is 5. The van der Waals surface area contributed by atoms with E-state index in [4.69, 9.17) is 5.11 Å². The molecule has 3 heterocycles. The van der Waals surface area contributed by atoms with Crippen molar-refractivity contribution in [2.24, 2.45) is 0 Å². The Morgan fingerprint density at radius 3 is 2.71 bits per heavy atom. The summed E-state index contributed by atoms with van der Waals surface area (Å²) in [6.45, 7) is 1.08.